The van der Waals surface area contributed by atoms with Crippen LogP contribution >= 0.6 is 0 Å². The van der Waals surface area contributed by atoms with Crippen molar-refractivity contribution < 1.29 is 9.47 Å². The van der Waals surface area contributed by atoms with Crippen molar-refractivity contribution in [1.82, 2.24) is 26.5 Å². The molecule has 33 heavy (non-hydrogen) atoms. The topological polar surface area (TPSA) is 116 Å². The molecule has 3 aromatic rings. The number of hydrogen-bond donors (Lipinski definition) is 3. The van der Waals surface area contributed by atoms with E-state index < -0.39 is 0 Å². The fourth-order valence-electron chi connectivity index (χ4n) is 3.84. The Hall–Kier alpha value is -4.00. The number of ether oxygens (including phenoxy) is 2. The van der Waals surface area contributed by atoms with Crippen LogP contribution in [0.3, 0.4) is 0 Å². The molecule has 9 heteroatoms. The largest absolute Gasteiger partial charge is 0.489 e. The number of aromatic nitrogens is 2. The first kappa shape index (κ1) is 20.9. The van der Waals surface area contributed by atoms with Crippen LogP contribution in [0.15, 0.2) is 59.8 Å². The molecule has 2 aliphatic heterocycles. The number of hydrogen-bond acceptors (Lipinski definition) is 9. The third-order valence-corrected chi connectivity index (χ3v) is 5.53. The predicted molar refractivity (Wildman–Crippen MR) is 122 cm³/mol. The van der Waals surface area contributed by atoms with E-state index in [-0.39, 0.29) is 6.10 Å². The highest BCUT2D eigenvalue weighted by Gasteiger charge is 2.18. The van der Waals surface area contributed by atoms with E-state index in [2.05, 4.69) is 32.6 Å². The lowest BCUT2D eigenvalue weighted by molar-refractivity contribution is 0.0254. The molecule has 1 saturated heterocycles. The standard InChI is InChI=1S/C24H23N7O2/c25-15-19-14-17(4-5-22(19)33-20-7-10-32-11-8-20)21-6-9-26-23(27-21)13-16-2-1-3-18(12-16)24-28-30-31-29-24/h1-6,9,12,14,20,30-31H,7-8,10-11,13H2,(H,28,29). The summed E-state index contributed by atoms with van der Waals surface area (Å²) in [5.41, 5.74) is 12.5. The van der Waals surface area contributed by atoms with Gasteiger partial charge in [-0.2, -0.15) is 5.26 Å². The highest BCUT2D eigenvalue weighted by molar-refractivity contribution is 5.99. The maximum atomic E-state index is 9.67. The van der Waals surface area contributed by atoms with Crippen LogP contribution in [0.1, 0.15) is 35.4 Å². The third-order valence-electron chi connectivity index (χ3n) is 5.53. The molecule has 1 fully saturated rings. The summed E-state index contributed by atoms with van der Waals surface area (Å²) < 4.78 is 11.4. The summed E-state index contributed by atoms with van der Waals surface area (Å²) in [4.78, 5) is 9.18. The number of nitrogens with zero attached hydrogens (tertiary/aromatic N) is 4. The maximum absolute atomic E-state index is 9.67. The molecule has 0 unspecified atom stereocenters. The van der Waals surface area contributed by atoms with E-state index in [1.54, 1.807) is 6.20 Å². The fraction of sp³-hybridized carbons (Fsp3) is 0.250. The lowest BCUT2D eigenvalue weighted by atomic mass is 10.1. The smallest absolute Gasteiger partial charge is 0.170 e. The summed E-state index contributed by atoms with van der Waals surface area (Å²) in [6.07, 6.45) is 4.07. The van der Waals surface area contributed by atoms with Crippen molar-refractivity contribution in [2.45, 2.75) is 25.4 Å². The molecule has 3 heterocycles. The van der Waals surface area contributed by atoms with Gasteiger partial charge >= 0.3 is 0 Å². The van der Waals surface area contributed by atoms with Crippen LogP contribution in [-0.4, -0.2) is 35.1 Å². The number of benzene rings is 2. The summed E-state index contributed by atoms with van der Waals surface area (Å²) in [5.74, 6) is 2.02. The van der Waals surface area contributed by atoms with E-state index >= 15 is 0 Å². The molecular weight excluding hydrogens is 418 g/mol. The van der Waals surface area contributed by atoms with Gasteiger partial charge in [-0.3, -0.25) is 5.43 Å². The molecule has 5 rings (SSSR count). The number of nitrogens with one attached hydrogen (secondary N) is 3. The monoisotopic (exact) mass is 441 g/mol. The Morgan fingerprint density at radius 3 is 2.82 bits per heavy atom. The molecule has 9 nitrogen and oxygen atoms in total. The van der Waals surface area contributed by atoms with E-state index in [1.165, 1.54) is 0 Å². The SMILES string of the molecule is N#Cc1cc(-c2ccnc(Cc3cccc(C4=NNNN4)c3)n2)ccc1OC1CCOCC1. The minimum atomic E-state index is 0.0788. The zero-order valence-electron chi connectivity index (χ0n) is 17.9. The Morgan fingerprint density at radius 2 is 2.00 bits per heavy atom. The maximum Gasteiger partial charge on any atom is 0.170 e. The van der Waals surface area contributed by atoms with Crippen molar-refractivity contribution in [2.24, 2.45) is 5.10 Å². The van der Waals surface area contributed by atoms with Gasteiger partial charge in [0, 0.05) is 36.6 Å². The highest BCUT2D eigenvalue weighted by atomic mass is 16.5. The van der Waals surface area contributed by atoms with Crippen molar-refractivity contribution in [1.29, 1.82) is 5.26 Å². The molecule has 166 valence electrons. The first-order chi connectivity index (χ1) is 16.3. The van der Waals surface area contributed by atoms with Crippen LogP contribution < -0.4 is 21.2 Å². The van der Waals surface area contributed by atoms with Gasteiger partial charge < -0.3 is 9.47 Å². The second-order valence-electron chi connectivity index (χ2n) is 7.81. The van der Waals surface area contributed by atoms with Gasteiger partial charge in [0.05, 0.1) is 24.5 Å². The molecule has 0 spiro atoms. The van der Waals surface area contributed by atoms with Gasteiger partial charge in [-0.05, 0) is 35.9 Å². The van der Waals surface area contributed by atoms with E-state index in [9.17, 15) is 5.26 Å². The molecule has 3 N–H and O–H groups in total. The van der Waals surface area contributed by atoms with Crippen molar-refractivity contribution in [3.63, 3.8) is 0 Å². The molecule has 2 aliphatic rings. The average Bonchev–Trinajstić information content (AvgIpc) is 3.41. The minimum Gasteiger partial charge on any atom is -0.489 e. The van der Waals surface area contributed by atoms with Crippen LogP contribution in [0.5, 0.6) is 5.75 Å². The van der Waals surface area contributed by atoms with Crippen molar-refractivity contribution in [3.8, 4) is 23.1 Å². The van der Waals surface area contributed by atoms with E-state index in [4.69, 9.17) is 14.5 Å². The Morgan fingerprint density at radius 1 is 1.09 bits per heavy atom. The number of amidine groups is 1. The lowest BCUT2D eigenvalue weighted by Gasteiger charge is -2.23. The molecule has 0 radical (unpaired) electrons. The Labute approximate surface area is 191 Å². The van der Waals surface area contributed by atoms with E-state index in [0.29, 0.717) is 36.8 Å². The van der Waals surface area contributed by atoms with Gasteiger partial charge in [0.15, 0.2) is 5.84 Å². The molecule has 0 amide bonds. The first-order valence-electron chi connectivity index (χ1n) is 10.8. The predicted octanol–water partition coefficient (Wildman–Crippen LogP) is 2.44. The van der Waals surface area contributed by atoms with Gasteiger partial charge in [-0.25, -0.2) is 15.5 Å². The van der Waals surface area contributed by atoms with Crippen molar-refractivity contribution in [3.05, 3.63) is 77.2 Å². The molecule has 1 aromatic heterocycles. The molecular formula is C24H23N7O2. The van der Waals surface area contributed by atoms with Crippen LogP contribution in [0.2, 0.25) is 0 Å². The summed E-state index contributed by atoms with van der Waals surface area (Å²) >= 11 is 0. The van der Waals surface area contributed by atoms with Crippen LogP contribution in [-0.2, 0) is 11.2 Å². The molecule has 0 atom stereocenters. The first-order valence-corrected chi connectivity index (χ1v) is 10.8. The molecule has 0 aliphatic carbocycles. The van der Waals surface area contributed by atoms with Gasteiger partial charge in [-0.1, -0.05) is 18.2 Å². The minimum absolute atomic E-state index is 0.0788. The molecule has 0 bridgehead atoms. The average molecular weight is 441 g/mol. The third kappa shape index (κ3) is 4.92. The van der Waals surface area contributed by atoms with E-state index in [0.717, 1.165) is 41.1 Å². The number of nitriles is 1. The Kier molecular flexibility index (Phi) is 6.10. The second-order valence-corrected chi connectivity index (χ2v) is 7.81. The highest BCUT2D eigenvalue weighted by Crippen LogP contribution is 2.27. The van der Waals surface area contributed by atoms with Crippen LogP contribution in [0.25, 0.3) is 11.3 Å². The molecule has 2 aromatic carbocycles. The summed E-state index contributed by atoms with van der Waals surface area (Å²) in [7, 11) is 0. The lowest BCUT2D eigenvalue weighted by Crippen LogP contribution is -2.35. The summed E-state index contributed by atoms with van der Waals surface area (Å²) in [6.45, 7) is 1.38. The van der Waals surface area contributed by atoms with Crippen LogP contribution in [0, 0.1) is 11.3 Å². The van der Waals surface area contributed by atoms with Gasteiger partial charge in [0.2, 0.25) is 0 Å². The summed E-state index contributed by atoms with van der Waals surface area (Å²) in [6, 6.07) is 17.8. The Balaban J connectivity index is 1.34. The Bertz CT molecular complexity index is 1220. The summed E-state index contributed by atoms with van der Waals surface area (Å²) in [5, 5.41) is 13.8. The van der Waals surface area contributed by atoms with Gasteiger partial charge in [0.25, 0.3) is 0 Å². The van der Waals surface area contributed by atoms with Crippen molar-refractivity contribution >= 4 is 5.84 Å². The van der Waals surface area contributed by atoms with Gasteiger partial charge in [-0.15, -0.1) is 10.6 Å². The number of rotatable bonds is 6. The normalized spacial score (nSPS) is 15.8. The van der Waals surface area contributed by atoms with Crippen molar-refractivity contribution in [2.75, 3.05) is 13.2 Å². The fourth-order valence-corrected chi connectivity index (χ4v) is 3.84. The zero-order chi connectivity index (χ0) is 22.5. The van der Waals surface area contributed by atoms with Gasteiger partial charge in [0.1, 0.15) is 23.7 Å². The quantitative estimate of drug-likeness (QED) is 0.534. The van der Waals surface area contributed by atoms with Crippen LogP contribution in [0.4, 0.5) is 0 Å². The number of hydrazone groups is 1. The zero-order valence-corrected chi connectivity index (χ0v) is 17.9. The second kappa shape index (κ2) is 9.65. The number of hydrazine groups is 2. The molecule has 0 saturated carbocycles. The van der Waals surface area contributed by atoms with E-state index in [1.807, 2.05) is 48.5 Å².